The van der Waals surface area contributed by atoms with Crippen LogP contribution in [0, 0.1) is 11.3 Å². The predicted molar refractivity (Wildman–Crippen MR) is 117 cm³/mol. The van der Waals surface area contributed by atoms with E-state index in [1.807, 2.05) is 72.8 Å². The Kier molecular flexibility index (Phi) is 5.55. The molecule has 0 fully saturated rings. The zero-order valence-corrected chi connectivity index (χ0v) is 16.6. The van der Waals surface area contributed by atoms with Crippen molar-refractivity contribution in [2.45, 2.75) is 6.61 Å². The molecule has 142 valence electrons. The quantitative estimate of drug-likeness (QED) is 0.377. The van der Waals surface area contributed by atoms with Crippen LogP contribution in [0.1, 0.15) is 16.1 Å². The molecule has 4 rings (SSSR count). The number of aromatic nitrogens is 1. The summed E-state index contributed by atoms with van der Waals surface area (Å²) < 4.78 is 12.6. The molecule has 0 aliphatic heterocycles. The van der Waals surface area contributed by atoms with Crippen LogP contribution in [-0.2, 0) is 6.61 Å². The van der Waals surface area contributed by atoms with Gasteiger partial charge in [-0.2, -0.15) is 5.26 Å². The van der Waals surface area contributed by atoms with Crippen molar-refractivity contribution in [2.24, 2.45) is 0 Å². The maximum absolute atomic E-state index is 9.77. The van der Waals surface area contributed by atoms with Crippen molar-refractivity contribution in [3.63, 3.8) is 0 Å². The lowest BCUT2D eigenvalue weighted by molar-refractivity contribution is 0.284. The fraction of sp³-hybridized carbons (Fsp3) is 0.0833. The van der Waals surface area contributed by atoms with Crippen molar-refractivity contribution in [3.05, 3.63) is 88.9 Å². The summed E-state index contributed by atoms with van der Waals surface area (Å²) in [6, 6.07) is 25.7. The van der Waals surface area contributed by atoms with Gasteiger partial charge in [0.15, 0.2) is 11.5 Å². The molecule has 0 aliphatic rings. The summed E-state index contributed by atoms with van der Waals surface area (Å²) >= 11 is 1.50. The van der Waals surface area contributed by atoms with E-state index in [4.69, 9.17) is 9.47 Å². The Morgan fingerprint density at radius 2 is 1.83 bits per heavy atom. The van der Waals surface area contributed by atoms with E-state index in [9.17, 15) is 5.26 Å². The van der Waals surface area contributed by atoms with Gasteiger partial charge in [0.25, 0.3) is 0 Å². The second-order valence-electron chi connectivity index (χ2n) is 6.31. The van der Waals surface area contributed by atoms with Crippen LogP contribution in [0.3, 0.4) is 0 Å². The van der Waals surface area contributed by atoms with Crippen LogP contribution in [0.15, 0.2) is 72.8 Å². The van der Waals surface area contributed by atoms with Crippen LogP contribution in [0.2, 0.25) is 0 Å². The summed E-state index contributed by atoms with van der Waals surface area (Å²) in [5.74, 6) is 1.23. The molecule has 1 aromatic heterocycles. The Bertz CT molecular complexity index is 1170. The fourth-order valence-electron chi connectivity index (χ4n) is 2.98. The SMILES string of the molecule is COc1cccc(C=C(C#N)c2nc3ccccc3s2)c1OCc1ccccc1. The Balaban J connectivity index is 1.71. The summed E-state index contributed by atoms with van der Waals surface area (Å²) in [6.07, 6.45) is 1.81. The largest absolute Gasteiger partial charge is 0.493 e. The van der Waals surface area contributed by atoms with Crippen LogP contribution in [0.25, 0.3) is 21.9 Å². The van der Waals surface area contributed by atoms with Crippen molar-refractivity contribution in [2.75, 3.05) is 7.11 Å². The number of hydrogen-bond acceptors (Lipinski definition) is 5. The molecule has 0 saturated heterocycles. The zero-order chi connectivity index (χ0) is 20.1. The first kappa shape index (κ1) is 18.7. The maximum Gasteiger partial charge on any atom is 0.168 e. The summed E-state index contributed by atoms with van der Waals surface area (Å²) in [6.45, 7) is 0.408. The van der Waals surface area contributed by atoms with Gasteiger partial charge in [0.1, 0.15) is 17.7 Å². The van der Waals surface area contributed by atoms with Gasteiger partial charge in [0.2, 0.25) is 0 Å². The third kappa shape index (κ3) is 4.13. The molecule has 29 heavy (non-hydrogen) atoms. The molecule has 5 heteroatoms. The first-order chi connectivity index (χ1) is 14.3. The van der Waals surface area contributed by atoms with Crippen molar-refractivity contribution in [1.29, 1.82) is 5.26 Å². The van der Waals surface area contributed by atoms with Gasteiger partial charge in [-0.25, -0.2) is 4.98 Å². The molecule has 0 radical (unpaired) electrons. The number of benzene rings is 3. The van der Waals surface area contributed by atoms with Gasteiger partial charge in [-0.15, -0.1) is 11.3 Å². The van der Waals surface area contributed by atoms with Gasteiger partial charge in [-0.05, 0) is 29.8 Å². The smallest absolute Gasteiger partial charge is 0.168 e. The van der Waals surface area contributed by atoms with E-state index in [1.165, 1.54) is 11.3 Å². The van der Waals surface area contributed by atoms with Gasteiger partial charge in [0, 0.05) is 5.56 Å². The molecule has 0 N–H and O–H groups in total. The lowest BCUT2D eigenvalue weighted by atomic mass is 10.1. The minimum absolute atomic E-state index is 0.408. The molecule has 0 bridgehead atoms. The van der Waals surface area contributed by atoms with Crippen LogP contribution >= 0.6 is 11.3 Å². The third-order valence-electron chi connectivity index (χ3n) is 4.40. The Morgan fingerprint density at radius 3 is 2.59 bits per heavy atom. The first-order valence-corrected chi connectivity index (χ1v) is 9.91. The van der Waals surface area contributed by atoms with Crippen LogP contribution in [-0.4, -0.2) is 12.1 Å². The standard InChI is InChI=1S/C24H18N2O2S/c1-27-21-12-7-10-18(23(21)28-16-17-8-3-2-4-9-17)14-19(15-25)24-26-20-11-5-6-13-22(20)29-24/h2-14H,16H2,1H3. The van der Waals surface area contributed by atoms with Gasteiger partial charge >= 0.3 is 0 Å². The van der Waals surface area contributed by atoms with E-state index < -0.39 is 0 Å². The van der Waals surface area contributed by atoms with Gasteiger partial charge in [-0.1, -0.05) is 54.6 Å². The highest BCUT2D eigenvalue weighted by Crippen LogP contribution is 2.35. The molecular weight excluding hydrogens is 380 g/mol. The second kappa shape index (κ2) is 8.59. The summed E-state index contributed by atoms with van der Waals surface area (Å²) in [4.78, 5) is 4.60. The highest BCUT2D eigenvalue weighted by Gasteiger charge is 2.13. The number of nitriles is 1. The lowest BCUT2D eigenvalue weighted by Crippen LogP contribution is -1.99. The fourth-order valence-corrected chi connectivity index (χ4v) is 3.91. The van der Waals surface area contributed by atoms with E-state index in [0.717, 1.165) is 21.3 Å². The maximum atomic E-state index is 9.77. The van der Waals surface area contributed by atoms with Crippen LogP contribution < -0.4 is 9.47 Å². The molecule has 0 aliphatic carbocycles. The number of ether oxygens (including phenoxy) is 2. The van der Waals surface area contributed by atoms with Gasteiger partial charge < -0.3 is 9.47 Å². The highest BCUT2D eigenvalue weighted by molar-refractivity contribution is 7.19. The van der Waals surface area contributed by atoms with Gasteiger partial charge in [0.05, 0.1) is 22.9 Å². The number of allylic oxidation sites excluding steroid dienone is 1. The molecule has 0 amide bonds. The molecule has 3 aromatic carbocycles. The zero-order valence-electron chi connectivity index (χ0n) is 15.8. The Hall–Kier alpha value is -3.62. The Labute approximate surface area is 173 Å². The van der Waals surface area contributed by atoms with E-state index >= 15 is 0 Å². The molecule has 0 atom stereocenters. The van der Waals surface area contributed by atoms with Crippen molar-refractivity contribution >= 4 is 33.2 Å². The predicted octanol–water partition coefficient (Wildman–Crippen LogP) is 5.95. The summed E-state index contributed by atoms with van der Waals surface area (Å²) in [5, 5.41) is 10.5. The minimum atomic E-state index is 0.408. The minimum Gasteiger partial charge on any atom is -0.493 e. The average Bonchev–Trinajstić information content (AvgIpc) is 3.21. The van der Waals surface area contributed by atoms with E-state index in [-0.39, 0.29) is 0 Å². The number of methoxy groups -OCH3 is 1. The van der Waals surface area contributed by atoms with E-state index in [0.29, 0.717) is 28.7 Å². The summed E-state index contributed by atoms with van der Waals surface area (Å²) in [5.41, 5.74) is 3.21. The third-order valence-corrected chi connectivity index (χ3v) is 5.47. The lowest BCUT2D eigenvalue weighted by Gasteiger charge is -2.13. The second-order valence-corrected chi connectivity index (χ2v) is 7.34. The molecular formula is C24H18N2O2S. The number of para-hydroxylation sites is 2. The van der Waals surface area contributed by atoms with Crippen molar-refractivity contribution in [1.82, 2.24) is 4.98 Å². The molecule has 4 nitrogen and oxygen atoms in total. The monoisotopic (exact) mass is 398 g/mol. The topological polar surface area (TPSA) is 55.1 Å². The Morgan fingerprint density at radius 1 is 1.03 bits per heavy atom. The van der Waals surface area contributed by atoms with E-state index in [2.05, 4.69) is 11.1 Å². The van der Waals surface area contributed by atoms with Gasteiger partial charge in [-0.3, -0.25) is 0 Å². The average molecular weight is 398 g/mol. The normalized spacial score (nSPS) is 11.2. The van der Waals surface area contributed by atoms with Crippen molar-refractivity contribution in [3.8, 4) is 17.6 Å². The number of thiazole rings is 1. The number of fused-ring (bicyclic) bond motifs is 1. The number of rotatable bonds is 6. The highest BCUT2D eigenvalue weighted by atomic mass is 32.1. The molecule has 0 spiro atoms. The molecule has 0 unspecified atom stereocenters. The number of nitrogens with zero attached hydrogens (tertiary/aromatic N) is 2. The first-order valence-electron chi connectivity index (χ1n) is 9.10. The summed E-state index contributed by atoms with van der Waals surface area (Å²) in [7, 11) is 1.61. The number of hydrogen-bond donors (Lipinski definition) is 0. The molecule has 4 aromatic rings. The van der Waals surface area contributed by atoms with E-state index in [1.54, 1.807) is 13.2 Å². The molecule has 1 heterocycles. The van der Waals surface area contributed by atoms with Crippen molar-refractivity contribution < 1.29 is 9.47 Å². The van der Waals surface area contributed by atoms with Crippen LogP contribution in [0.5, 0.6) is 11.5 Å². The molecule has 0 saturated carbocycles. The van der Waals surface area contributed by atoms with Crippen LogP contribution in [0.4, 0.5) is 0 Å².